The number of ether oxygens (including phenoxy) is 5. The monoisotopic (exact) mass is 2020 g/mol. The number of fused-ring (bicyclic) bond motifs is 8. The molecule has 798 valence electrons. The molecule has 0 spiro atoms. The van der Waals surface area contributed by atoms with E-state index in [0.717, 1.165) is 140 Å². The van der Waals surface area contributed by atoms with Crippen molar-refractivity contribution in [3.05, 3.63) is 164 Å². The fraction of sp³-hybridized carbons (Fsp3) is 0.638. The van der Waals surface area contributed by atoms with E-state index in [4.69, 9.17) is 29.4 Å². The van der Waals surface area contributed by atoms with E-state index >= 15 is 0 Å². The van der Waals surface area contributed by atoms with Crippen LogP contribution in [0, 0.1) is 41.3 Å². The van der Waals surface area contributed by atoms with E-state index in [9.17, 15) is 65.5 Å². The highest BCUT2D eigenvalue weighted by atomic mass is 19.4. The molecule has 145 heavy (non-hydrogen) atoms. The molecule has 25 nitrogen and oxygen atoms in total. The Morgan fingerprint density at radius 2 is 0.793 bits per heavy atom. The number of benzene rings is 4. The first-order chi connectivity index (χ1) is 68.3. The number of carbonyl (C=O) groups is 10. The number of esters is 1. The molecule has 9 amide bonds. The molecule has 14 rings (SSSR count). The highest BCUT2D eigenvalue weighted by Crippen LogP contribution is 2.49. The molecule has 4 aliphatic heterocycles. The van der Waals surface area contributed by atoms with Gasteiger partial charge in [-0.2, -0.15) is 13.2 Å². The van der Waals surface area contributed by atoms with Crippen LogP contribution in [0.4, 0.5) is 36.7 Å². The minimum atomic E-state index is -4.94. The van der Waals surface area contributed by atoms with Gasteiger partial charge in [0.25, 0.3) is 0 Å². The Hall–Kier alpha value is -10.6. The van der Waals surface area contributed by atoms with E-state index in [2.05, 4.69) is 142 Å². The summed E-state index contributed by atoms with van der Waals surface area (Å²) < 4.78 is 78.7. The summed E-state index contributed by atoms with van der Waals surface area (Å²) >= 11 is 0. The van der Waals surface area contributed by atoms with Gasteiger partial charge in [-0.3, -0.25) is 28.8 Å². The van der Waals surface area contributed by atoms with Gasteiger partial charge in [-0.15, -0.1) is 0 Å². The standard InChI is InChI=1S/C32H46N2O5.C29H40F3N3O4.C28H39FN2O3.C27H41N3O3/c1-21(2)19-28-26-20-22-11-9-10-14-24(22)25(26)17-18-34(28)30(36)27(33-31(37)39-32(3,4)5)15-16-29(35)38-23-12-7-6-8-13-23;1-18(2)16-24-22-17-19-10-6-7-11-20(19)21(22)13-15-35(24)25(36)23(34-27(38)39-28(3,4)5)12-8-9-14-33-26(37)29(30,31)32;1-17(2)25-24-14-20-10-11-21(29)15-23(20)22(24)12-13-31(25)26(32)19-8-6-18(7-9-19)16-30-27(33)34-28(3,4)5;1-18(2)16-24-22-17-19-10-6-7-11-20(19)21(22)13-15-30(24)25(31)23(12-8-9-14-28)29-26(32)33-27(3,4)5/h9-11,14,21,23,27-28H,6-8,12-13,15-20H2,1-5H3,(H,33,37);6-7,10-11,18,23-24H,8-9,12-17H2,1-5H3,(H,33,37)(H,34,38);10-11,15,17-19,25H,6-9,12-14,16H2,1-5H3,(H,30,33);6-7,10-11,18,23-24H,8-9,12-17,28H2,1-5H3,(H,29,32)/t27-,28?;23-,24?;;23-,24?/m11.1/s1. The molecule has 2 fully saturated rings. The summed E-state index contributed by atoms with van der Waals surface area (Å²) in [5.74, 6) is -0.700. The number of alkyl carbamates (subject to hydrolysis) is 4. The number of nitrogens with zero attached hydrogens (tertiary/aromatic N) is 4. The van der Waals surface area contributed by atoms with Crippen LogP contribution in [0.25, 0.3) is 22.3 Å². The number of rotatable bonds is 29. The van der Waals surface area contributed by atoms with Crippen molar-refractivity contribution in [2.75, 3.05) is 45.8 Å². The Bertz CT molecular complexity index is 5320. The Kier molecular flexibility index (Phi) is 40.3. The van der Waals surface area contributed by atoms with Gasteiger partial charge in [0.2, 0.25) is 23.6 Å². The number of halogens is 4. The van der Waals surface area contributed by atoms with Crippen LogP contribution in [-0.2, 0) is 78.1 Å². The zero-order valence-electron chi connectivity index (χ0n) is 90.0. The molecule has 6 aliphatic carbocycles. The van der Waals surface area contributed by atoms with Gasteiger partial charge in [0.1, 0.15) is 52.5 Å². The maximum Gasteiger partial charge on any atom is 0.471 e. The first kappa shape index (κ1) is 115. The second kappa shape index (κ2) is 50.9. The molecular formula is C116H166F4N10O15. The van der Waals surface area contributed by atoms with Gasteiger partial charge in [0.15, 0.2) is 0 Å². The summed E-state index contributed by atoms with van der Waals surface area (Å²) in [4.78, 5) is 137. The Morgan fingerprint density at radius 1 is 0.421 bits per heavy atom. The average Bonchev–Trinajstić information content (AvgIpc) is 1.50. The van der Waals surface area contributed by atoms with E-state index in [1.54, 1.807) is 53.7 Å². The Labute approximate surface area is 858 Å². The van der Waals surface area contributed by atoms with Gasteiger partial charge in [-0.05, 0) is 387 Å². The lowest BCUT2D eigenvalue weighted by Crippen LogP contribution is -2.54. The molecule has 7 N–H and O–H groups in total. The maximum absolute atomic E-state index is 14.1. The molecule has 4 aromatic rings. The van der Waals surface area contributed by atoms with E-state index in [-0.39, 0.29) is 110 Å². The van der Waals surface area contributed by atoms with Gasteiger partial charge in [-0.1, -0.05) is 141 Å². The first-order valence-electron chi connectivity index (χ1n) is 53.7. The summed E-state index contributed by atoms with van der Waals surface area (Å²) in [5.41, 5.74) is 23.8. The zero-order chi connectivity index (χ0) is 106. The van der Waals surface area contributed by atoms with Crippen LogP contribution in [0.3, 0.4) is 0 Å². The third-order valence-corrected chi connectivity index (χ3v) is 28.8. The predicted octanol–water partition coefficient (Wildman–Crippen LogP) is 22.0. The van der Waals surface area contributed by atoms with Crippen molar-refractivity contribution in [3.8, 4) is 0 Å². The van der Waals surface area contributed by atoms with Gasteiger partial charge < -0.3 is 75.6 Å². The fourth-order valence-electron chi connectivity index (χ4n) is 22.6. The van der Waals surface area contributed by atoms with Crippen LogP contribution in [0.15, 0.2) is 113 Å². The lowest BCUT2D eigenvalue weighted by molar-refractivity contribution is -0.173. The highest BCUT2D eigenvalue weighted by Gasteiger charge is 2.47. The quantitative estimate of drug-likeness (QED) is 0.0127. The summed E-state index contributed by atoms with van der Waals surface area (Å²) in [5, 5.41) is 13.1. The van der Waals surface area contributed by atoms with Crippen LogP contribution in [0.2, 0.25) is 0 Å². The maximum atomic E-state index is 14.1. The normalized spacial score (nSPS) is 20.4. The molecule has 4 heterocycles. The van der Waals surface area contributed by atoms with Crippen LogP contribution in [-0.4, -0.2) is 202 Å². The van der Waals surface area contributed by atoms with Crippen molar-refractivity contribution < 1.29 is 89.2 Å². The highest BCUT2D eigenvalue weighted by molar-refractivity contribution is 5.92. The lowest BCUT2D eigenvalue weighted by Gasteiger charge is -2.42. The zero-order valence-corrected chi connectivity index (χ0v) is 90.0. The number of amides is 9. The lowest BCUT2D eigenvalue weighted by atomic mass is 9.79. The van der Waals surface area contributed by atoms with E-state index < -0.39 is 70.9 Å². The summed E-state index contributed by atoms with van der Waals surface area (Å²) in [7, 11) is 0. The molecular weight excluding hydrogens is 1850 g/mol. The van der Waals surface area contributed by atoms with Crippen LogP contribution >= 0.6 is 0 Å². The Balaban J connectivity index is 0.000000185. The minimum Gasteiger partial charge on any atom is -0.462 e. The average molecular weight is 2020 g/mol. The molecule has 29 heteroatoms. The van der Waals surface area contributed by atoms with Crippen molar-refractivity contribution >= 4 is 82.2 Å². The summed E-state index contributed by atoms with van der Waals surface area (Å²) in [6.07, 6.45) is 13.7. The third kappa shape index (κ3) is 32.5. The van der Waals surface area contributed by atoms with Crippen LogP contribution < -0.4 is 32.3 Å². The van der Waals surface area contributed by atoms with Crippen LogP contribution in [0.1, 0.15) is 337 Å². The number of hydrogen-bond acceptors (Lipinski definition) is 16. The SMILES string of the molecule is CC(C)C1C2=C(CCN1C(=O)C1CCC(CNC(=O)OC(C)(C)C)CC1)c1cc(F)ccc1C2.CC(C)CC1C2=C(CCN1C(=O)[C@@H](CCC(=O)OC1CCCCC1)NC(=O)OC(C)(C)C)c1ccccc1C2.CC(C)CC1C2=C(CCN1C(=O)[C@@H](CCCCN)NC(=O)OC(C)(C)C)c1ccccc1C2.CC(C)CC1C2=C(CCN1C(=O)[C@@H](CCCCNC(=O)C(F)(F)F)NC(=O)OC(C)(C)C)c1ccccc1C2. The topological polar surface area (TPSA) is 316 Å². The number of nitrogens with two attached hydrogens (primary N) is 1. The third-order valence-electron chi connectivity index (χ3n) is 28.8. The molecule has 0 saturated heterocycles. The smallest absolute Gasteiger partial charge is 0.462 e. The number of nitrogens with one attached hydrogen (secondary N) is 5. The van der Waals surface area contributed by atoms with E-state index in [1.807, 2.05) is 79.8 Å². The second-order valence-corrected chi connectivity index (χ2v) is 46.8. The van der Waals surface area contributed by atoms with E-state index in [0.29, 0.717) is 81.7 Å². The molecule has 4 unspecified atom stereocenters. The van der Waals surface area contributed by atoms with Gasteiger partial charge >= 0.3 is 42.4 Å². The van der Waals surface area contributed by atoms with Gasteiger partial charge in [0, 0.05) is 51.6 Å². The molecule has 10 aliphatic rings. The molecule has 4 aromatic carbocycles. The second-order valence-electron chi connectivity index (χ2n) is 46.8. The number of hydrogen-bond donors (Lipinski definition) is 6. The summed E-state index contributed by atoms with van der Waals surface area (Å²) in [6, 6.07) is 28.2. The first-order valence-corrected chi connectivity index (χ1v) is 53.7. The Morgan fingerprint density at radius 3 is 1.19 bits per heavy atom. The largest absolute Gasteiger partial charge is 0.471 e. The van der Waals surface area contributed by atoms with Crippen molar-refractivity contribution in [2.24, 2.45) is 41.2 Å². The molecule has 0 bridgehead atoms. The van der Waals surface area contributed by atoms with Crippen molar-refractivity contribution in [3.63, 3.8) is 0 Å². The van der Waals surface area contributed by atoms with Crippen molar-refractivity contribution in [2.45, 2.75) is 395 Å². The van der Waals surface area contributed by atoms with Gasteiger partial charge in [-0.25, -0.2) is 23.6 Å². The molecule has 0 radical (unpaired) electrons. The summed E-state index contributed by atoms with van der Waals surface area (Å²) in [6.45, 7) is 42.4. The number of alkyl halides is 3. The number of carbonyl (C=O) groups excluding carboxylic acids is 10. The minimum absolute atomic E-state index is 0.00830. The van der Waals surface area contributed by atoms with Crippen molar-refractivity contribution in [1.29, 1.82) is 0 Å². The predicted molar refractivity (Wildman–Crippen MR) is 559 cm³/mol. The van der Waals surface area contributed by atoms with Crippen molar-refractivity contribution in [1.82, 2.24) is 46.2 Å². The molecule has 0 aromatic heterocycles. The fourth-order valence-corrected chi connectivity index (χ4v) is 22.6. The number of unbranched alkanes of at least 4 members (excludes halogenated alkanes) is 2. The van der Waals surface area contributed by atoms with Gasteiger partial charge in [0.05, 0.1) is 24.2 Å². The molecule has 2 saturated carbocycles. The molecule has 7 atom stereocenters. The van der Waals surface area contributed by atoms with E-state index in [1.165, 1.54) is 89.9 Å². The van der Waals surface area contributed by atoms with Crippen LogP contribution in [0.5, 0.6) is 0 Å².